The number of amides is 1. The quantitative estimate of drug-likeness (QED) is 0.768. The highest BCUT2D eigenvalue weighted by Crippen LogP contribution is 2.27. The third-order valence-electron chi connectivity index (χ3n) is 4.17. The van der Waals surface area contributed by atoms with Gasteiger partial charge in [-0.25, -0.2) is 0 Å². The molecular weight excluding hydrogens is 316 g/mol. The minimum absolute atomic E-state index is 0.236. The highest BCUT2D eigenvalue weighted by Gasteiger charge is 2.21. The van der Waals surface area contributed by atoms with E-state index in [1.165, 1.54) is 4.57 Å². The van der Waals surface area contributed by atoms with Crippen LogP contribution in [0.4, 0.5) is 5.69 Å². The van der Waals surface area contributed by atoms with Crippen LogP contribution in [0.3, 0.4) is 0 Å². The third kappa shape index (κ3) is 3.01. The number of hydrogen-bond acceptors (Lipinski definition) is 3. The molecule has 0 saturated carbocycles. The number of hydrogen-bond donors (Lipinski definition) is 2. The second kappa shape index (κ2) is 6.43. The number of pyridine rings is 1. The Hall–Kier alpha value is -3.08. The Morgan fingerprint density at radius 1 is 1.12 bits per heavy atom. The fourth-order valence-corrected chi connectivity index (χ4v) is 3.15. The maximum Gasteiger partial charge on any atom is 0.267 e. The second-order valence-electron chi connectivity index (χ2n) is 6.12. The summed E-state index contributed by atoms with van der Waals surface area (Å²) in [4.78, 5) is 25.4. The summed E-state index contributed by atoms with van der Waals surface area (Å²) in [5.74, 6) is -0.896. The van der Waals surface area contributed by atoms with Crippen molar-refractivity contribution in [1.82, 2.24) is 4.57 Å². The maximum absolute atomic E-state index is 12.7. The lowest BCUT2D eigenvalue weighted by Gasteiger charge is -2.14. The van der Waals surface area contributed by atoms with Gasteiger partial charge >= 0.3 is 0 Å². The van der Waals surface area contributed by atoms with E-state index in [-0.39, 0.29) is 11.3 Å². The van der Waals surface area contributed by atoms with E-state index < -0.39 is 11.5 Å². The van der Waals surface area contributed by atoms with E-state index >= 15 is 0 Å². The van der Waals surface area contributed by atoms with Crippen LogP contribution in [-0.4, -0.2) is 15.6 Å². The zero-order chi connectivity index (χ0) is 18.1. The molecule has 25 heavy (non-hydrogen) atoms. The van der Waals surface area contributed by atoms with Gasteiger partial charge < -0.3 is 15.0 Å². The fraction of sp³-hybridized carbons (Fsp3) is 0.200. The number of fused-ring (bicyclic) bond motifs is 1. The molecule has 3 aromatic rings. The topological polar surface area (TPSA) is 71.3 Å². The number of para-hydroxylation sites is 1. The van der Waals surface area contributed by atoms with Crippen molar-refractivity contribution >= 4 is 22.5 Å². The predicted octanol–water partition coefficient (Wildman–Crippen LogP) is 3.60. The van der Waals surface area contributed by atoms with Crippen LogP contribution in [0.25, 0.3) is 10.9 Å². The summed E-state index contributed by atoms with van der Waals surface area (Å²) < 4.78 is 1.49. The zero-order valence-electron chi connectivity index (χ0n) is 14.5. The van der Waals surface area contributed by atoms with Crippen LogP contribution < -0.4 is 10.9 Å². The number of aromatic hydroxyl groups is 1. The Morgan fingerprint density at radius 3 is 2.40 bits per heavy atom. The molecule has 0 aliphatic rings. The maximum atomic E-state index is 12.7. The SMILES string of the molecule is CCn1c(=O)c(C(=O)Nc2cc(C)cc(C)c2)c(O)c2ccccc21. The van der Waals surface area contributed by atoms with E-state index in [1.54, 1.807) is 24.3 Å². The molecule has 2 aromatic carbocycles. The normalized spacial score (nSPS) is 10.8. The minimum atomic E-state index is -0.611. The standard InChI is InChI=1S/C20H20N2O3/c1-4-22-16-8-6-5-7-15(16)18(23)17(20(22)25)19(24)21-14-10-12(2)9-13(3)11-14/h5-11,23H,4H2,1-3H3,(H,21,24). The molecule has 0 fully saturated rings. The summed E-state index contributed by atoms with van der Waals surface area (Å²) in [7, 11) is 0. The lowest BCUT2D eigenvalue weighted by atomic mass is 10.1. The molecule has 2 N–H and O–H groups in total. The zero-order valence-corrected chi connectivity index (χ0v) is 14.5. The van der Waals surface area contributed by atoms with Gasteiger partial charge in [0.15, 0.2) is 0 Å². The van der Waals surface area contributed by atoms with Gasteiger partial charge in [0.2, 0.25) is 0 Å². The number of aromatic nitrogens is 1. The number of nitrogens with one attached hydrogen (secondary N) is 1. The first kappa shape index (κ1) is 16.8. The second-order valence-corrected chi connectivity index (χ2v) is 6.12. The minimum Gasteiger partial charge on any atom is -0.506 e. The molecule has 5 nitrogen and oxygen atoms in total. The molecule has 0 spiro atoms. The van der Waals surface area contributed by atoms with E-state index in [9.17, 15) is 14.7 Å². The van der Waals surface area contributed by atoms with Crippen molar-refractivity contribution in [2.45, 2.75) is 27.3 Å². The molecule has 1 heterocycles. The van der Waals surface area contributed by atoms with Gasteiger partial charge in [0.25, 0.3) is 11.5 Å². The van der Waals surface area contributed by atoms with Crippen LogP contribution in [0.2, 0.25) is 0 Å². The van der Waals surface area contributed by atoms with Gasteiger partial charge in [0.1, 0.15) is 11.3 Å². The molecule has 0 aliphatic carbocycles. The van der Waals surface area contributed by atoms with Gasteiger partial charge in [0.05, 0.1) is 5.52 Å². The molecule has 0 saturated heterocycles. The third-order valence-corrected chi connectivity index (χ3v) is 4.17. The number of benzene rings is 2. The number of aryl methyl sites for hydroxylation is 3. The van der Waals surface area contributed by atoms with Gasteiger partial charge in [-0.3, -0.25) is 9.59 Å². The number of carbonyl (C=O) groups excluding carboxylic acids is 1. The first-order valence-corrected chi connectivity index (χ1v) is 8.16. The van der Waals surface area contributed by atoms with Crippen LogP contribution in [-0.2, 0) is 6.54 Å². The Kier molecular flexibility index (Phi) is 4.31. The molecule has 1 aromatic heterocycles. The van der Waals surface area contributed by atoms with E-state index in [2.05, 4.69) is 5.32 Å². The number of nitrogens with zero attached hydrogens (tertiary/aromatic N) is 1. The van der Waals surface area contributed by atoms with Gasteiger partial charge in [-0.05, 0) is 56.2 Å². The smallest absolute Gasteiger partial charge is 0.267 e. The van der Waals surface area contributed by atoms with Gasteiger partial charge in [-0.1, -0.05) is 18.2 Å². The van der Waals surface area contributed by atoms with Crippen LogP contribution in [0, 0.1) is 13.8 Å². The summed E-state index contributed by atoms with van der Waals surface area (Å²) in [5, 5.41) is 13.7. The van der Waals surface area contributed by atoms with Crippen molar-refractivity contribution in [3.63, 3.8) is 0 Å². The molecule has 0 unspecified atom stereocenters. The summed E-state index contributed by atoms with van der Waals surface area (Å²) in [6.07, 6.45) is 0. The van der Waals surface area contributed by atoms with Gasteiger partial charge in [0, 0.05) is 17.6 Å². The summed E-state index contributed by atoms with van der Waals surface area (Å²) in [6.45, 7) is 6.10. The van der Waals surface area contributed by atoms with E-state index in [1.807, 2.05) is 39.0 Å². The molecule has 0 aliphatic heterocycles. The first-order valence-electron chi connectivity index (χ1n) is 8.16. The molecule has 0 atom stereocenters. The lowest BCUT2D eigenvalue weighted by Crippen LogP contribution is -2.29. The van der Waals surface area contributed by atoms with E-state index in [0.717, 1.165) is 11.1 Å². The van der Waals surface area contributed by atoms with Gasteiger partial charge in [-0.2, -0.15) is 0 Å². The van der Waals surface area contributed by atoms with Crippen molar-refractivity contribution in [3.05, 3.63) is 69.5 Å². The Labute approximate surface area is 145 Å². The average molecular weight is 336 g/mol. The van der Waals surface area contributed by atoms with Crippen LogP contribution in [0.5, 0.6) is 5.75 Å². The van der Waals surface area contributed by atoms with Crippen molar-refractivity contribution in [1.29, 1.82) is 0 Å². The van der Waals surface area contributed by atoms with Crippen LogP contribution in [0.15, 0.2) is 47.3 Å². The van der Waals surface area contributed by atoms with Crippen molar-refractivity contribution < 1.29 is 9.90 Å². The molecule has 0 bridgehead atoms. The van der Waals surface area contributed by atoms with Crippen LogP contribution >= 0.6 is 0 Å². The van der Waals surface area contributed by atoms with Gasteiger partial charge in [-0.15, -0.1) is 0 Å². The Bertz CT molecular complexity index is 1010. The summed E-state index contributed by atoms with van der Waals surface area (Å²) in [6, 6.07) is 12.6. The average Bonchev–Trinajstić information content (AvgIpc) is 2.54. The largest absolute Gasteiger partial charge is 0.506 e. The Balaban J connectivity index is 2.14. The molecule has 3 rings (SSSR count). The number of rotatable bonds is 3. The van der Waals surface area contributed by atoms with Crippen molar-refractivity contribution in [2.24, 2.45) is 0 Å². The van der Waals surface area contributed by atoms with E-state index in [0.29, 0.717) is 23.1 Å². The highest BCUT2D eigenvalue weighted by molar-refractivity contribution is 6.09. The highest BCUT2D eigenvalue weighted by atomic mass is 16.3. The Morgan fingerprint density at radius 2 is 1.76 bits per heavy atom. The summed E-state index contributed by atoms with van der Waals surface area (Å²) in [5.41, 5.74) is 2.47. The van der Waals surface area contributed by atoms with Crippen molar-refractivity contribution in [3.8, 4) is 5.75 Å². The molecule has 128 valence electrons. The molecular formula is C20H20N2O3. The summed E-state index contributed by atoms with van der Waals surface area (Å²) >= 11 is 0. The first-order chi connectivity index (χ1) is 11.9. The molecule has 1 amide bonds. The van der Waals surface area contributed by atoms with Crippen molar-refractivity contribution in [2.75, 3.05) is 5.32 Å². The fourth-order valence-electron chi connectivity index (χ4n) is 3.15. The molecule has 5 heteroatoms. The number of carbonyl (C=O) groups is 1. The predicted molar refractivity (Wildman–Crippen MR) is 99.4 cm³/mol. The van der Waals surface area contributed by atoms with Crippen LogP contribution in [0.1, 0.15) is 28.4 Å². The monoisotopic (exact) mass is 336 g/mol. The number of anilines is 1. The lowest BCUT2D eigenvalue weighted by molar-refractivity contribution is 0.102. The van der Waals surface area contributed by atoms with E-state index in [4.69, 9.17) is 0 Å². The molecule has 0 radical (unpaired) electrons.